The molecular formula is C22H19N3O4S. The monoisotopic (exact) mass is 421 g/mol. The molecule has 2 aromatic rings. The van der Waals surface area contributed by atoms with E-state index >= 15 is 0 Å². The van der Waals surface area contributed by atoms with Crippen LogP contribution in [-0.2, 0) is 16.0 Å². The Bertz CT molecular complexity index is 1090. The van der Waals surface area contributed by atoms with Gasteiger partial charge in [-0.05, 0) is 54.0 Å². The van der Waals surface area contributed by atoms with Gasteiger partial charge in [0.1, 0.15) is 11.6 Å². The molecule has 1 N–H and O–H groups in total. The lowest BCUT2D eigenvalue weighted by atomic mass is 10.0. The zero-order chi connectivity index (χ0) is 21.7. The largest absolute Gasteiger partial charge is 0.493 e. The number of hydrogen-bond acceptors (Lipinski definition) is 6. The van der Waals surface area contributed by atoms with Gasteiger partial charge in [0.2, 0.25) is 0 Å². The van der Waals surface area contributed by atoms with Crippen molar-refractivity contribution in [2.75, 3.05) is 18.6 Å². The third kappa shape index (κ3) is 4.16. The van der Waals surface area contributed by atoms with Crippen LogP contribution in [0.1, 0.15) is 18.1 Å². The molecule has 1 fully saturated rings. The van der Waals surface area contributed by atoms with Gasteiger partial charge < -0.3 is 9.47 Å². The first kappa shape index (κ1) is 21.0. The fraction of sp³-hybridized carbons (Fsp3) is 0.182. The molecule has 7 nitrogen and oxygen atoms in total. The second-order valence-electron chi connectivity index (χ2n) is 6.30. The molecule has 3 rings (SSSR count). The predicted molar refractivity (Wildman–Crippen MR) is 116 cm³/mol. The summed E-state index contributed by atoms with van der Waals surface area (Å²) in [4.78, 5) is 27.0. The molecule has 0 radical (unpaired) electrons. The fourth-order valence-corrected chi connectivity index (χ4v) is 3.35. The minimum atomic E-state index is -0.570. The summed E-state index contributed by atoms with van der Waals surface area (Å²) in [5.41, 5.74) is 2.08. The second kappa shape index (κ2) is 9.20. The highest BCUT2D eigenvalue weighted by molar-refractivity contribution is 7.80. The van der Waals surface area contributed by atoms with Crippen molar-refractivity contribution >= 4 is 40.9 Å². The Morgan fingerprint density at radius 1 is 1.20 bits per heavy atom. The quantitative estimate of drug-likeness (QED) is 0.438. The van der Waals surface area contributed by atoms with Crippen LogP contribution in [0.2, 0.25) is 0 Å². The molecule has 1 heterocycles. The summed E-state index contributed by atoms with van der Waals surface area (Å²) in [6, 6.07) is 14.2. The number of rotatable bonds is 6. The van der Waals surface area contributed by atoms with E-state index in [1.165, 1.54) is 18.1 Å². The number of carbonyl (C=O) groups is 2. The molecule has 0 aliphatic carbocycles. The van der Waals surface area contributed by atoms with Gasteiger partial charge in [-0.3, -0.25) is 19.8 Å². The summed E-state index contributed by atoms with van der Waals surface area (Å²) in [6.45, 7) is 1.86. The molecule has 1 aliphatic rings. The van der Waals surface area contributed by atoms with Crippen LogP contribution in [0.15, 0.2) is 48.0 Å². The van der Waals surface area contributed by atoms with Crippen LogP contribution in [0.5, 0.6) is 11.5 Å². The summed E-state index contributed by atoms with van der Waals surface area (Å²) in [7, 11) is 1.46. The van der Waals surface area contributed by atoms with Crippen molar-refractivity contribution in [3.05, 3.63) is 59.2 Å². The highest BCUT2D eigenvalue weighted by Crippen LogP contribution is 2.30. The number of carbonyl (C=O) groups excluding carboxylic acids is 2. The van der Waals surface area contributed by atoms with Crippen molar-refractivity contribution in [3.63, 3.8) is 0 Å². The van der Waals surface area contributed by atoms with Crippen molar-refractivity contribution in [2.45, 2.75) is 13.3 Å². The summed E-state index contributed by atoms with van der Waals surface area (Å²) in [5.74, 6) is -0.306. The third-order valence-corrected chi connectivity index (χ3v) is 4.79. The van der Waals surface area contributed by atoms with Crippen LogP contribution in [0, 0.1) is 11.3 Å². The molecule has 0 bridgehead atoms. The van der Waals surface area contributed by atoms with Gasteiger partial charge in [0, 0.05) is 0 Å². The van der Waals surface area contributed by atoms with Gasteiger partial charge in [0.05, 0.1) is 12.8 Å². The molecule has 2 amide bonds. The average molecular weight is 421 g/mol. The number of para-hydroxylation sites is 1. The van der Waals surface area contributed by atoms with E-state index in [4.69, 9.17) is 27.0 Å². The second-order valence-corrected chi connectivity index (χ2v) is 6.68. The highest BCUT2D eigenvalue weighted by Gasteiger charge is 2.35. The van der Waals surface area contributed by atoms with Crippen molar-refractivity contribution < 1.29 is 19.1 Å². The molecule has 1 saturated heterocycles. The van der Waals surface area contributed by atoms with Gasteiger partial charge in [-0.15, -0.1) is 0 Å². The molecule has 0 unspecified atom stereocenters. The van der Waals surface area contributed by atoms with Gasteiger partial charge in [-0.25, -0.2) is 0 Å². The summed E-state index contributed by atoms with van der Waals surface area (Å²) in [5, 5.41) is 11.3. The highest BCUT2D eigenvalue weighted by atomic mass is 32.1. The maximum Gasteiger partial charge on any atom is 0.270 e. The third-order valence-electron chi connectivity index (χ3n) is 4.51. The van der Waals surface area contributed by atoms with E-state index in [1.54, 1.807) is 24.3 Å². The van der Waals surface area contributed by atoms with Crippen molar-refractivity contribution in [1.82, 2.24) is 5.32 Å². The normalized spacial score (nSPS) is 15.0. The number of nitrogens with zero attached hydrogens (tertiary/aromatic N) is 2. The molecular weight excluding hydrogens is 402 g/mol. The molecule has 0 spiro atoms. The smallest absolute Gasteiger partial charge is 0.270 e. The lowest BCUT2D eigenvalue weighted by molar-refractivity contribution is -0.122. The zero-order valence-electron chi connectivity index (χ0n) is 16.5. The number of thiocarbonyl (C=S) groups is 1. The summed E-state index contributed by atoms with van der Waals surface area (Å²) < 4.78 is 10.6. The number of aryl methyl sites for hydroxylation is 1. The van der Waals surface area contributed by atoms with Crippen LogP contribution < -0.4 is 19.7 Å². The Hall–Kier alpha value is -3.70. The average Bonchev–Trinajstić information content (AvgIpc) is 2.75. The van der Waals surface area contributed by atoms with E-state index in [0.29, 0.717) is 29.2 Å². The Balaban J connectivity index is 2.00. The van der Waals surface area contributed by atoms with Crippen molar-refractivity contribution in [1.29, 1.82) is 5.26 Å². The molecule has 1 aliphatic heterocycles. The number of ether oxygens (including phenoxy) is 2. The molecule has 8 heteroatoms. The van der Waals surface area contributed by atoms with Crippen LogP contribution in [0.4, 0.5) is 5.69 Å². The number of anilines is 1. The number of nitrogens with one attached hydrogen (secondary N) is 1. The maximum atomic E-state index is 13.2. The minimum Gasteiger partial charge on any atom is -0.493 e. The first-order chi connectivity index (χ1) is 14.5. The van der Waals surface area contributed by atoms with E-state index in [9.17, 15) is 9.59 Å². The maximum absolute atomic E-state index is 13.2. The van der Waals surface area contributed by atoms with Crippen LogP contribution in [-0.4, -0.2) is 30.6 Å². The molecule has 30 heavy (non-hydrogen) atoms. The van der Waals surface area contributed by atoms with Gasteiger partial charge in [-0.1, -0.05) is 31.2 Å². The summed E-state index contributed by atoms with van der Waals surface area (Å²) >= 11 is 5.27. The number of amides is 2. The van der Waals surface area contributed by atoms with Gasteiger partial charge in [0.15, 0.2) is 23.2 Å². The molecule has 0 aromatic heterocycles. The number of hydrogen-bond donors (Lipinski definition) is 1. The molecule has 2 aromatic carbocycles. The van der Waals surface area contributed by atoms with Crippen LogP contribution in [0.25, 0.3) is 6.08 Å². The Morgan fingerprint density at radius 2 is 1.97 bits per heavy atom. The lowest BCUT2D eigenvalue weighted by Crippen LogP contribution is -2.54. The minimum absolute atomic E-state index is 0.0425. The predicted octanol–water partition coefficient (Wildman–Crippen LogP) is 2.99. The van der Waals surface area contributed by atoms with E-state index in [2.05, 4.69) is 5.32 Å². The van der Waals surface area contributed by atoms with Crippen molar-refractivity contribution in [3.8, 4) is 17.6 Å². The van der Waals surface area contributed by atoms with Gasteiger partial charge >= 0.3 is 0 Å². The first-order valence-corrected chi connectivity index (χ1v) is 9.58. The number of nitriles is 1. The Labute approximate surface area is 179 Å². The Kier molecular flexibility index (Phi) is 6.45. The van der Waals surface area contributed by atoms with Gasteiger partial charge in [-0.2, -0.15) is 5.26 Å². The van der Waals surface area contributed by atoms with E-state index in [-0.39, 0.29) is 17.3 Å². The first-order valence-electron chi connectivity index (χ1n) is 9.17. The number of benzene rings is 2. The van der Waals surface area contributed by atoms with Crippen LogP contribution in [0.3, 0.4) is 0 Å². The fourth-order valence-electron chi connectivity index (χ4n) is 3.07. The standard InChI is InChI=1S/C22H19N3O4S/c1-3-15-6-4-5-7-17(15)25-21(27)16(20(26)24-22(25)30)12-14-8-9-18(29-11-10-23)19(13-14)28-2/h4-9,12-13H,3,11H2,1-2H3,(H,24,26,30)/b16-12+. The van der Waals surface area contributed by atoms with Crippen LogP contribution >= 0.6 is 12.2 Å². The van der Waals surface area contributed by atoms with E-state index in [1.807, 2.05) is 31.2 Å². The zero-order valence-corrected chi connectivity index (χ0v) is 17.3. The molecule has 0 atom stereocenters. The van der Waals surface area contributed by atoms with E-state index in [0.717, 1.165) is 5.56 Å². The lowest BCUT2D eigenvalue weighted by Gasteiger charge is -2.30. The number of methoxy groups -OCH3 is 1. The molecule has 152 valence electrons. The summed E-state index contributed by atoms with van der Waals surface area (Å²) in [6.07, 6.45) is 2.18. The Morgan fingerprint density at radius 3 is 2.67 bits per heavy atom. The van der Waals surface area contributed by atoms with E-state index < -0.39 is 11.8 Å². The SMILES string of the molecule is CCc1ccccc1N1C(=O)/C(=C/c2ccc(OCC#N)c(OC)c2)C(=O)NC1=S. The van der Waals surface area contributed by atoms with Gasteiger partial charge in [0.25, 0.3) is 11.8 Å². The van der Waals surface area contributed by atoms with Crippen molar-refractivity contribution in [2.24, 2.45) is 0 Å². The topological polar surface area (TPSA) is 91.7 Å². The molecule has 0 saturated carbocycles.